The van der Waals surface area contributed by atoms with Crippen molar-refractivity contribution < 1.29 is 14.3 Å². The maximum Gasteiger partial charge on any atom is 0.360 e. The first kappa shape index (κ1) is 15.5. The number of carbonyl (C=O) groups is 2. The van der Waals surface area contributed by atoms with E-state index in [4.69, 9.17) is 17.0 Å². The van der Waals surface area contributed by atoms with Crippen LogP contribution in [0.5, 0.6) is 0 Å². The van der Waals surface area contributed by atoms with Crippen LogP contribution in [0.3, 0.4) is 0 Å². The normalized spacial score (nSPS) is 10.2. The first-order chi connectivity index (χ1) is 8.43. The Morgan fingerprint density at radius 3 is 2.67 bits per heavy atom. The van der Waals surface area contributed by atoms with Gasteiger partial charge in [-0.05, 0) is 19.9 Å². The second-order valence-corrected chi connectivity index (χ2v) is 5.32. The molecular weight excluding hydrogens is 391 g/mol. The number of esters is 1. The smallest absolute Gasteiger partial charge is 0.360 e. The van der Waals surface area contributed by atoms with Crippen molar-refractivity contribution in [1.29, 1.82) is 5.41 Å². The Labute approximate surface area is 125 Å². The molecule has 0 bridgehead atoms. The van der Waals surface area contributed by atoms with E-state index in [1.807, 2.05) is 21.2 Å². The van der Waals surface area contributed by atoms with E-state index >= 15 is 0 Å². The fraction of sp³-hybridized carbons (Fsp3) is 0.300. The van der Waals surface area contributed by atoms with Crippen molar-refractivity contribution in [1.82, 2.24) is 3.97 Å². The lowest BCUT2D eigenvalue weighted by Crippen LogP contribution is -2.25. The van der Waals surface area contributed by atoms with Crippen LogP contribution in [0.15, 0.2) is 6.07 Å². The number of halogens is 2. The van der Waals surface area contributed by atoms with Crippen LogP contribution < -0.4 is 0 Å². The number of aromatic nitrogens is 1. The summed E-state index contributed by atoms with van der Waals surface area (Å²) in [5, 5.41) is 7.67. The molecule has 0 radical (unpaired) electrons. The van der Waals surface area contributed by atoms with Crippen molar-refractivity contribution in [3.8, 4) is 0 Å². The Morgan fingerprint density at radius 1 is 1.61 bits per heavy atom. The number of nitrogens with one attached hydrogen (secondary N) is 1. The van der Waals surface area contributed by atoms with Gasteiger partial charge in [0.2, 0.25) is 5.78 Å². The van der Waals surface area contributed by atoms with E-state index in [1.165, 1.54) is 9.12 Å². The summed E-state index contributed by atoms with van der Waals surface area (Å²) >= 11 is 8.04. The molecule has 1 N–H and O–H groups in total. The van der Waals surface area contributed by atoms with Crippen LogP contribution in [0.25, 0.3) is 0 Å². The predicted octanol–water partition coefficient (Wildman–Crippen LogP) is 3.06. The number of hydrogen-bond acceptors (Lipinski definition) is 5. The lowest BCUT2D eigenvalue weighted by Gasteiger charge is -2.03. The number of hydrogen-bond donors (Lipinski definition) is 1. The van der Waals surface area contributed by atoms with E-state index in [0.29, 0.717) is 0 Å². The van der Waals surface area contributed by atoms with Crippen LogP contribution in [0.2, 0.25) is 5.15 Å². The van der Waals surface area contributed by atoms with Gasteiger partial charge >= 0.3 is 5.97 Å². The third kappa shape index (κ3) is 3.07. The maximum absolute atomic E-state index is 11.9. The number of ketones is 1. The fourth-order valence-electron chi connectivity index (χ4n) is 1.27. The number of ether oxygens (including phenoxy) is 1. The van der Waals surface area contributed by atoms with Crippen molar-refractivity contribution in [2.24, 2.45) is 0 Å². The Bertz CT molecular complexity index is 515. The number of rotatable bonds is 5. The quantitative estimate of drug-likeness (QED) is 0.271. The molecule has 0 fully saturated rings. The monoisotopic (exact) mass is 400 g/mol. The highest BCUT2D eigenvalue weighted by atomic mass is 127. The second-order valence-electron chi connectivity index (χ2n) is 3.28. The van der Waals surface area contributed by atoms with Crippen molar-refractivity contribution in [2.75, 3.05) is 6.61 Å². The van der Waals surface area contributed by atoms with Crippen LogP contribution >= 0.6 is 41.9 Å². The standard InChI is InChI=1S/C10H10ClIN2O3S/c1-3-17-10(16)7(13)8(15)6-4-5(2)14(18-12)9(6)11/h4,13H,3H2,1-2H3. The Kier molecular flexibility index (Phi) is 5.67. The van der Waals surface area contributed by atoms with Gasteiger partial charge in [0.25, 0.3) is 0 Å². The van der Waals surface area contributed by atoms with Crippen molar-refractivity contribution in [2.45, 2.75) is 13.8 Å². The second kappa shape index (κ2) is 6.58. The highest BCUT2D eigenvalue weighted by molar-refractivity contribution is 14.2. The molecule has 0 atom stereocenters. The molecule has 5 nitrogen and oxygen atoms in total. The molecular formula is C10H10ClIN2O3S. The third-order valence-corrected chi connectivity index (χ3v) is 4.36. The van der Waals surface area contributed by atoms with Gasteiger partial charge in [-0.15, -0.1) is 0 Å². The van der Waals surface area contributed by atoms with Crippen LogP contribution in [-0.4, -0.2) is 28.0 Å². The summed E-state index contributed by atoms with van der Waals surface area (Å²) in [5.74, 6) is -1.67. The Balaban J connectivity index is 3.05. The van der Waals surface area contributed by atoms with Gasteiger partial charge in [0.1, 0.15) is 5.15 Å². The minimum absolute atomic E-state index is 0.117. The van der Waals surface area contributed by atoms with E-state index in [1.54, 1.807) is 23.9 Å². The number of aryl methyl sites for hydroxylation is 1. The average Bonchev–Trinajstić information content (AvgIpc) is 2.62. The molecule has 0 unspecified atom stereocenters. The molecule has 1 aromatic rings. The minimum Gasteiger partial charge on any atom is -0.461 e. The summed E-state index contributed by atoms with van der Waals surface area (Å²) in [6, 6.07) is 1.55. The highest BCUT2D eigenvalue weighted by Gasteiger charge is 2.26. The Morgan fingerprint density at radius 2 is 2.22 bits per heavy atom. The van der Waals surface area contributed by atoms with Gasteiger partial charge in [0, 0.05) is 36.0 Å². The minimum atomic E-state index is -0.939. The zero-order valence-electron chi connectivity index (χ0n) is 9.62. The third-order valence-electron chi connectivity index (χ3n) is 2.09. The highest BCUT2D eigenvalue weighted by Crippen LogP contribution is 2.30. The molecule has 0 aliphatic heterocycles. The van der Waals surface area contributed by atoms with E-state index in [-0.39, 0.29) is 17.3 Å². The predicted molar refractivity (Wildman–Crippen MR) is 79.9 cm³/mol. The maximum atomic E-state index is 11.9. The van der Waals surface area contributed by atoms with Crippen molar-refractivity contribution in [3.05, 3.63) is 22.5 Å². The molecule has 0 aliphatic rings. The number of Topliss-reactive ketones (excluding diaryl/α,β-unsaturated/α-hetero) is 1. The summed E-state index contributed by atoms with van der Waals surface area (Å²) in [4.78, 5) is 23.2. The summed E-state index contributed by atoms with van der Waals surface area (Å²) in [6.45, 7) is 3.50. The summed E-state index contributed by atoms with van der Waals surface area (Å²) in [7, 11) is 1.31. The van der Waals surface area contributed by atoms with E-state index < -0.39 is 17.5 Å². The van der Waals surface area contributed by atoms with Gasteiger partial charge in [0.15, 0.2) is 5.71 Å². The van der Waals surface area contributed by atoms with Gasteiger partial charge < -0.3 is 4.74 Å². The van der Waals surface area contributed by atoms with Crippen LogP contribution in [0.1, 0.15) is 23.0 Å². The molecule has 1 aromatic heterocycles. The zero-order chi connectivity index (χ0) is 13.9. The molecule has 0 aromatic carbocycles. The van der Waals surface area contributed by atoms with Crippen molar-refractivity contribution in [3.63, 3.8) is 0 Å². The Hall–Kier alpha value is -0.540. The first-order valence-electron chi connectivity index (χ1n) is 4.91. The molecule has 0 saturated heterocycles. The van der Waals surface area contributed by atoms with E-state index in [9.17, 15) is 9.59 Å². The topological polar surface area (TPSA) is 72.2 Å². The van der Waals surface area contributed by atoms with Gasteiger partial charge in [-0.3, -0.25) is 14.2 Å². The molecule has 8 heteroatoms. The van der Waals surface area contributed by atoms with Gasteiger partial charge in [0.05, 0.1) is 12.2 Å². The number of nitrogens with zero attached hydrogens (tertiary/aromatic N) is 1. The lowest BCUT2D eigenvalue weighted by atomic mass is 10.1. The van der Waals surface area contributed by atoms with Gasteiger partial charge in [-0.25, -0.2) is 4.79 Å². The van der Waals surface area contributed by atoms with Gasteiger partial charge in [-0.1, -0.05) is 11.6 Å². The summed E-state index contributed by atoms with van der Waals surface area (Å²) in [5.41, 5.74) is 0.185. The fourth-order valence-corrected chi connectivity index (χ4v) is 3.84. The first-order valence-corrected chi connectivity index (χ1v) is 8.60. The molecule has 98 valence electrons. The molecule has 1 rings (SSSR count). The van der Waals surface area contributed by atoms with Crippen LogP contribution in [0, 0.1) is 12.3 Å². The SMILES string of the molecule is CCOC(=O)C(=N)C(=O)c1cc(C)n(SI)c1Cl. The van der Waals surface area contributed by atoms with Crippen LogP contribution in [-0.2, 0) is 9.53 Å². The van der Waals surface area contributed by atoms with Crippen LogP contribution in [0.4, 0.5) is 0 Å². The molecule has 1 heterocycles. The van der Waals surface area contributed by atoms with E-state index in [0.717, 1.165) is 5.69 Å². The molecule has 0 spiro atoms. The molecule has 18 heavy (non-hydrogen) atoms. The number of carbonyl (C=O) groups excluding carboxylic acids is 2. The summed E-state index contributed by atoms with van der Waals surface area (Å²) in [6.07, 6.45) is 0. The molecule has 0 amide bonds. The molecule has 0 aliphatic carbocycles. The molecule has 0 saturated carbocycles. The van der Waals surface area contributed by atoms with Crippen molar-refractivity contribution >= 4 is 59.4 Å². The van der Waals surface area contributed by atoms with E-state index in [2.05, 4.69) is 4.74 Å². The summed E-state index contributed by atoms with van der Waals surface area (Å²) < 4.78 is 6.24. The largest absolute Gasteiger partial charge is 0.461 e. The zero-order valence-corrected chi connectivity index (χ0v) is 13.4. The average molecular weight is 401 g/mol. The lowest BCUT2D eigenvalue weighted by molar-refractivity contribution is -0.134. The van der Waals surface area contributed by atoms with Gasteiger partial charge in [-0.2, -0.15) is 0 Å².